The summed E-state index contributed by atoms with van der Waals surface area (Å²) in [5.41, 5.74) is 0.673. The second-order valence-corrected chi connectivity index (χ2v) is 7.98. The van der Waals surface area contributed by atoms with E-state index >= 15 is 0 Å². The summed E-state index contributed by atoms with van der Waals surface area (Å²) in [5.74, 6) is 0.379. The van der Waals surface area contributed by atoms with Crippen LogP contribution in [0.25, 0.3) is 10.6 Å². The number of hydrogen-bond acceptors (Lipinski definition) is 5. The molecule has 6 nitrogen and oxygen atoms in total. The number of sulfonamides is 1. The van der Waals surface area contributed by atoms with Crippen LogP contribution in [0.4, 0.5) is 5.69 Å². The van der Waals surface area contributed by atoms with Crippen molar-refractivity contribution in [2.45, 2.75) is 4.90 Å². The molecule has 0 bridgehead atoms. The minimum Gasteiger partial charge on any atom is -0.495 e. The van der Waals surface area contributed by atoms with Gasteiger partial charge in [0.05, 0.1) is 17.7 Å². The summed E-state index contributed by atoms with van der Waals surface area (Å²) in [6.07, 6.45) is 1.47. The van der Waals surface area contributed by atoms with E-state index in [-0.39, 0.29) is 10.6 Å². The Balaban J connectivity index is 2.05. The minimum atomic E-state index is -3.86. The van der Waals surface area contributed by atoms with E-state index in [0.29, 0.717) is 16.5 Å². The first-order valence-electron chi connectivity index (χ1n) is 6.84. The number of anilines is 1. The smallest absolute Gasteiger partial charge is 0.265 e. The lowest BCUT2D eigenvalue weighted by molar-refractivity contribution is 0.417. The van der Waals surface area contributed by atoms with Crippen molar-refractivity contribution >= 4 is 38.6 Å². The second kappa shape index (κ2) is 6.46. The number of aryl methyl sites for hydroxylation is 1. The lowest BCUT2D eigenvalue weighted by Crippen LogP contribution is -2.14. The summed E-state index contributed by atoms with van der Waals surface area (Å²) in [5, 5.41) is 6.54. The van der Waals surface area contributed by atoms with E-state index in [9.17, 15) is 8.42 Å². The first-order valence-corrected chi connectivity index (χ1v) is 9.58. The lowest BCUT2D eigenvalue weighted by atomic mass is 10.3. The fraction of sp³-hybridized carbons (Fsp3) is 0.133. The van der Waals surface area contributed by atoms with Gasteiger partial charge >= 0.3 is 0 Å². The van der Waals surface area contributed by atoms with Gasteiger partial charge in [0.1, 0.15) is 16.3 Å². The van der Waals surface area contributed by atoms with Crippen LogP contribution in [0.5, 0.6) is 5.75 Å². The number of hydrogen-bond donors (Lipinski definition) is 1. The van der Waals surface area contributed by atoms with Crippen LogP contribution in [0.15, 0.2) is 46.8 Å². The third-order valence-electron chi connectivity index (χ3n) is 3.25. The molecule has 0 aliphatic carbocycles. The molecule has 0 saturated carbocycles. The number of thiophene rings is 1. The Morgan fingerprint density at radius 1 is 1.33 bits per heavy atom. The Bertz CT molecular complexity index is 966. The molecule has 0 aliphatic heterocycles. The topological polar surface area (TPSA) is 73.2 Å². The van der Waals surface area contributed by atoms with Crippen molar-refractivity contribution in [3.05, 3.63) is 46.9 Å². The minimum absolute atomic E-state index is 0.0921. The highest BCUT2D eigenvalue weighted by Crippen LogP contribution is 2.33. The van der Waals surface area contributed by atoms with Crippen LogP contribution >= 0.6 is 22.9 Å². The first-order chi connectivity index (χ1) is 11.4. The van der Waals surface area contributed by atoms with Gasteiger partial charge in [0.15, 0.2) is 0 Å². The van der Waals surface area contributed by atoms with Gasteiger partial charge in [-0.15, -0.1) is 11.3 Å². The number of rotatable bonds is 5. The Labute approximate surface area is 148 Å². The molecule has 0 fully saturated rings. The van der Waals surface area contributed by atoms with Gasteiger partial charge in [-0.25, -0.2) is 8.42 Å². The van der Waals surface area contributed by atoms with Crippen molar-refractivity contribution in [3.8, 4) is 16.3 Å². The molecule has 0 spiro atoms. The SMILES string of the molecule is COc1ccc(Cl)cc1NS(=O)(=O)c1cn(C)nc1-c1cccs1. The normalized spacial score (nSPS) is 11.5. The summed E-state index contributed by atoms with van der Waals surface area (Å²) in [6, 6.07) is 8.40. The van der Waals surface area contributed by atoms with Crippen molar-refractivity contribution in [2.24, 2.45) is 7.05 Å². The number of benzene rings is 1. The highest BCUT2D eigenvalue weighted by atomic mass is 35.5. The number of methoxy groups -OCH3 is 1. The monoisotopic (exact) mass is 383 g/mol. The van der Waals surface area contributed by atoms with E-state index < -0.39 is 10.0 Å². The third-order valence-corrected chi connectivity index (χ3v) is 5.72. The molecule has 1 N–H and O–H groups in total. The van der Waals surface area contributed by atoms with Crippen molar-refractivity contribution < 1.29 is 13.2 Å². The molecule has 0 radical (unpaired) electrons. The molecule has 126 valence electrons. The molecule has 2 aromatic heterocycles. The number of nitrogens with one attached hydrogen (secondary N) is 1. The van der Waals surface area contributed by atoms with E-state index in [1.165, 1.54) is 35.4 Å². The molecule has 3 rings (SSSR count). The Morgan fingerprint density at radius 2 is 2.12 bits per heavy atom. The van der Waals surface area contributed by atoms with Crippen molar-refractivity contribution in [2.75, 3.05) is 11.8 Å². The van der Waals surface area contributed by atoms with Crippen molar-refractivity contribution in [1.29, 1.82) is 0 Å². The molecule has 0 atom stereocenters. The number of ether oxygens (including phenoxy) is 1. The quantitative estimate of drug-likeness (QED) is 0.730. The molecular weight excluding hydrogens is 370 g/mol. The van der Waals surface area contributed by atoms with Gasteiger partial charge in [-0.3, -0.25) is 9.40 Å². The fourth-order valence-electron chi connectivity index (χ4n) is 2.21. The molecule has 0 aliphatic rings. The molecule has 0 unspecified atom stereocenters. The summed E-state index contributed by atoms with van der Waals surface area (Å²) in [4.78, 5) is 0.864. The third kappa shape index (κ3) is 3.26. The van der Waals surface area contributed by atoms with Crippen molar-refractivity contribution in [3.63, 3.8) is 0 Å². The molecule has 0 saturated heterocycles. The molecule has 0 amide bonds. The van der Waals surface area contributed by atoms with Gasteiger partial charge in [-0.05, 0) is 29.6 Å². The molecule has 3 aromatic rings. The zero-order chi connectivity index (χ0) is 17.3. The highest BCUT2D eigenvalue weighted by Gasteiger charge is 2.25. The number of halogens is 1. The number of nitrogens with zero attached hydrogens (tertiary/aromatic N) is 2. The summed E-state index contributed by atoms with van der Waals surface area (Å²) in [7, 11) is -0.727. The van der Waals surface area contributed by atoms with Gasteiger partial charge < -0.3 is 4.74 Å². The van der Waals surface area contributed by atoms with Gasteiger partial charge in [-0.2, -0.15) is 5.10 Å². The van der Waals surface area contributed by atoms with Crippen LogP contribution < -0.4 is 9.46 Å². The predicted molar refractivity (Wildman–Crippen MR) is 95.3 cm³/mol. The van der Waals surface area contributed by atoms with Crippen LogP contribution in [0.2, 0.25) is 5.02 Å². The van der Waals surface area contributed by atoms with Gasteiger partial charge in [0.25, 0.3) is 10.0 Å². The average molecular weight is 384 g/mol. The van der Waals surface area contributed by atoms with Gasteiger partial charge in [0.2, 0.25) is 0 Å². The maximum absolute atomic E-state index is 12.9. The maximum Gasteiger partial charge on any atom is 0.265 e. The van der Waals surface area contributed by atoms with E-state index in [4.69, 9.17) is 16.3 Å². The standard InChI is InChI=1S/C15H14ClN3O3S2/c1-19-9-14(15(17-19)13-4-3-7-23-13)24(20,21)18-11-8-10(16)5-6-12(11)22-2/h3-9,18H,1-2H3. The lowest BCUT2D eigenvalue weighted by Gasteiger charge is -2.12. The first kappa shape index (κ1) is 16.8. The van der Waals surface area contributed by atoms with E-state index in [1.54, 1.807) is 19.2 Å². The second-order valence-electron chi connectivity index (χ2n) is 4.94. The molecule has 9 heteroatoms. The molecule has 1 aromatic carbocycles. The Hall–Kier alpha value is -2.03. The van der Waals surface area contributed by atoms with Crippen LogP contribution in [-0.4, -0.2) is 25.3 Å². The van der Waals surface area contributed by atoms with Gasteiger partial charge in [-0.1, -0.05) is 17.7 Å². The van der Waals surface area contributed by atoms with Crippen LogP contribution in [-0.2, 0) is 17.1 Å². The zero-order valence-electron chi connectivity index (χ0n) is 12.9. The van der Waals surface area contributed by atoms with E-state index in [1.807, 2.05) is 17.5 Å². The Morgan fingerprint density at radius 3 is 2.79 bits per heavy atom. The van der Waals surface area contributed by atoms with Gasteiger partial charge in [0, 0.05) is 18.3 Å². The largest absolute Gasteiger partial charge is 0.495 e. The fourth-order valence-corrected chi connectivity index (χ4v) is 4.42. The van der Waals surface area contributed by atoms with E-state index in [0.717, 1.165) is 4.88 Å². The van der Waals surface area contributed by atoms with Crippen molar-refractivity contribution in [1.82, 2.24) is 9.78 Å². The summed E-state index contributed by atoms with van der Waals surface area (Å²) in [6.45, 7) is 0. The predicted octanol–water partition coefficient (Wildman–Crippen LogP) is 3.61. The maximum atomic E-state index is 12.9. The van der Waals surface area contributed by atoms with Crippen LogP contribution in [0.1, 0.15) is 0 Å². The highest BCUT2D eigenvalue weighted by molar-refractivity contribution is 7.92. The molecular formula is C15H14ClN3O3S2. The molecule has 24 heavy (non-hydrogen) atoms. The van der Waals surface area contributed by atoms with Crippen LogP contribution in [0.3, 0.4) is 0 Å². The summed E-state index contributed by atoms with van der Waals surface area (Å²) < 4.78 is 34.9. The van der Waals surface area contributed by atoms with E-state index in [2.05, 4.69) is 9.82 Å². The molecule has 2 heterocycles. The van der Waals surface area contributed by atoms with Crippen LogP contribution in [0, 0.1) is 0 Å². The summed E-state index contributed by atoms with van der Waals surface area (Å²) >= 11 is 7.38. The average Bonchev–Trinajstić information content (AvgIpc) is 3.16. The Kier molecular flexibility index (Phi) is 4.53. The number of aromatic nitrogens is 2. The zero-order valence-corrected chi connectivity index (χ0v) is 15.2.